The Morgan fingerprint density at radius 1 is 0.971 bits per heavy atom. The molecule has 0 atom stereocenters. The summed E-state index contributed by atoms with van der Waals surface area (Å²) in [5.41, 5.74) is 2.25. The van der Waals surface area contributed by atoms with Gasteiger partial charge in [-0.25, -0.2) is 13.8 Å². The van der Waals surface area contributed by atoms with Crippen LogP contribution in [0.3, 0.4) is 0 Å². The van der Waals surface area contributed by atoms with Crippen LogP contribution in [0.5, 0.6) is 0 Å². The Balaban J connectivity index is 1.57. The van der Waals surface area contributed by atoms with Gasteiger partial charge in [0.25, 0.3) is 5.91 Å². The number of carbonyl (C=O) groups excluding carboxylic acids is 1. The number of carbonyl (C=O) groups is 1. The van der Waals surface area contributed by atoms with Crippen LogP contribution in [-0.2, 0) is 6.54 Å². The highest BCUT2D eigenvalue weighted by molar-refractivity contribution is 6.31. The monoisotopic (exact) mass is 499 g/mol. The molecule has 0 fully saturated rings. The molecule has 0 saturated carbocycles. The summed E-state index contributed by atoms with van der Waals surface area (Å²) in [5, 5.41) is 13.3. The summed E-state index contributed by atoms with van der Waals surface area (Å²) < 4.78 is 26.6. The van der Waals surface area contributed by atoms with Crippen LogP contribution in [0.1, 0.15) is 15.9 Å². The predicted molar refractivity (Wildman–Crippen MR) is 129 cm³/mol. The largest absolute Gasteiger partial charge is 0.309 e. The van der Waals surface area contributed by atoms with Gasteiger partial charge in [-0.15, -0.1) is 0 Å². The Bertz CT molecular complexity index is 1360. The number of anilines is 1. The first-order chi connectivity index (χ1) is 16.4. The molecule has 0 aliphatic heterocycles. The van der Waals surface area contributed by atoms with Gasteiger partial charge in [0.2, 0.25) is 5.96 Å². The Labute approximate surface area is 203 Å². The molecule has 0 radical (unpaired) electrons. The number of guanidine groups is 1. The topological polar surface area (TPSA) is 82.2 Å². The second kappa shape index (κ2) is 10.5. The SMILES string of the molecule is O=C(NC(=NCc1ccc(F)cc1Cl)Nc1cc(-c2ccc(F)cc2)[nH]n1)c1cccc(Cl)c1. The molecule has 1 amide bonds. The van der Waals surface area contributed by atoms with Crippen molar-refractivity contribution in [1.82, 2.24) is 15.5 Å². The van der Waals surface area contributed by atoms with E-state index in [9.17, 15) is 13.6 Å². The molecule has 34 heavy (non-hydrogen) atoms. The van der Waals surface area contributed by atoms with Gasteiger partial charge < -0.3 is 5.32 Å². The minimum absolute atomic E-state index is 0.0620. The summed E-state index contributed by atoms with van der Waals surface area (Å²) in [6.45, 7) is 0.0620. The molecule has 3 aromatic carbocycles. The normalized spacial score (nSPS) is 11.4. The van der Waals surface area contributed by atoms with E-state index in [1.807, 2.05) is 0 Å². The summed E-state index contributed by atoms with van der Waals surface area (Å²) in [5.74, 6) is -0.820. The van der Waals surface area contributed by atoms with Crippen molar-refractivity contribution in [3.63, 3.8) is 0 Å². The number of aromatic nitrogens is 2. The number of H-pyrrole nitrogens is 1. The second-order valence-electron chi connectivity index (χ2n) is 7.16. The van der Waals surface area contributed by atoms with Gasteiger partial charge in [0.05, 0.1) is 12.2 Å². The van der Waals surface area contributed by atoms with Crippen molar-refractivity contribution in [3.05, 3.63) is 106 Å². The molecule has 10 heteroatoms. The smallest absolute Gasteiger partial charge is 0.258 e. The molecule has 0 saturated heterocycles. The van der Waals surface area contributed by atoms with Crippen molar-refractivity contribution in [3.8, 4) is 11.3 Å². The fraction of sp³-hybridized carbons (Fsp3) is 0.0417. The summed E-state index contributed by atoms with van der Waals surface area (Å²) in [7, 11) is 0. The van der Waals surface area contributed by atoms with Crippen molar-refractivity contribution in [1.29, 1.82) is 0 Å². The van der Waals surface area contributed by atoms with Crippen molar-refractivity contribution < 1.29 is 13.6 Å². The number of rotatable bonds is 5. The highest BCUT2D eigenvalue weighted by Gasteiger charge is 2.13. The highest BCUT2D eigenvalue weighted by Crippen LogP contribution is 2.21. The molecule has 3 N–H and O–H groups in total. The number of hydrogen-bond donors (Lipinski definition) is 3. The molecule has 0 unspecified atom stereocenters. The third-order valence-electron chi connectivity index (χ3n) is 4.72. The van der Waals surface area contributed by atoms with Gasteiger partial charge >= 0.3 is 0 Å². The zero-order valence-electron chi connectivity index (χ0n) is 17.4. The molecule has 1 aromatic heterocycles. The van der Waals surface area contributed by atoms with Gasteiger partial charge in [0.15, 0.2) is 5.82 Å². The molecule has 0 aliphatic rings. The number of halogens is 4. The maximum absolute atomic E-state index is 13.4. The lowest BCUT2D eigenvalue weighted by atomic mass is 10.1. The first-order valence-electron chi connectivity index (χ1n) is 10.0. The number of nitrogens with zero attached hydrogens (tertiary/aromatic N) is 2. The third-order valence-corrected chi connectivity index (χ3v) is 5.31. The third kappa shape index (κ3) is 5.98. The fourth-order valence-corrected chi connectivity index (χ4v) is 3.44. The number of benzene rings is 3. The van der Waals surface area contributed by atoms with Crippen LogP contribution in [0, 0.1) is 11.6 Å². The first-order valence-corrected chi connectivity index (χ1v) is 10.8. The van der Waals surface area contributed by atoms with E-state index in [1.54, 1.807) is 36.4 Å². The molecule has 172 valence electrons. The molecule has 6 nitrogen and oxygen atoms in total. The Morgan fingerprint density at radius 2 is 1.74 bits per heavy atom. The van der Waals surface area contributed by atoms with Crippen molar-refractivity contribution in [2.24, 2.45) is 4.99 Å². The predicted octanol–water partition coefficient (Wildman–Crippen LogP) is 6.06. The van der Waals surface area contributed by atoms with E-state index in [1.165, 1.54) is 36.4 Å². The highest BCUT2D eigenvalue weighted by atomic mass is 35.5. The molecule has 4 rings (SSSR count). The molecular weight excluding hydrogens is 483 g/mol. The fourth-order valence-electron chi connectivity index (χ4n) is 3.02. The van der Waals surface area contributed by atoms with Gasteiger partial charge in [-0.2, -0.15) is 5.10 Å². The van der Waals surface area contributed by atoms with Crippen molar-refractivity contribution >= 4 is 40.9 Å². The van der Waals surface area contributed by atoms with Gasteiger partial charge in [-0.1, -0.05) is 35.3 Å². The lowest BCUT2D eigenvalue weighted by molar-refractivity contribution is 0.0977. The van der Waals surface area contributed by atoms with E-state index in [0.717, 1.165) is 5.56 Å². The van der Waals surface area contributed by atoms with E-state index in [-0.39, 0.29) is 23.3 Å². The standard InChI is InChI=1S/C24H17Cl2F2N5O/c25-17-3-1-2-15(10-17)23(34)31-24(29-13-16-6-9-19(28)11-20(16)26)30-22-12-21(32-33-22)14-4-7-18(27)8-5-14/h1-12H,13H2,(H3,29,30,31,32,33,34). The quantitative estimate of drug-likeness (QED) is 0.230. The zero-order valence-corrected chi connectivity index (χ0v) is 19.0. The van der Waals surface area contributed by atoms with E-state index < -0.39 is 11.7 Å². The Hall–Kier alpha value is -3.75. The van der Waals surface area contributed by atoms with E-state index >= 15 is 0 Å². The maximum atomic E-state index is 13.4. The van der Waals surface area contributed by atoms with Gasteiger partial charge in [0, 0.05) is 21.7 Å². The minimum Gasteiger partial charge on any atom is -0.309 e. The average molecular weight is 500 g/mol. The number of aromatic amines is 1. The van der Waals surface area contributed by atoms with Gasteiger partial charge in [0.1, 0.15) is 11.6 Å². The number of nitrogens with one attached hydrogen (secondary N) is 3. The molecule has 0 bridgehead atoms. The van der Waals surface area contributed by atoms with Gasteiger partial charge in [-0.05, 0) is 65.7 Å². The summed E-state index contributed by atoms with van der Waals surface area (Å²) >= 11 is 12.1. The molecular formula is C24H17Cl2F2N5O. The Morgan fingerprint density at radius 3 is 2.47 bits per heavy atom. The van der Waals surface area contributed by atoms with Crippen molar-refractivity contribution in [2.45, 2.75) is 6.54 Å². The van der Waals surface area contributed by atoms with Gasteiger partial charge in [-0.3, -0.25) is 15.2 Å². The van der Waals surface area contributed by atoms with Crippen LogP contribution in [-0.4, -0.2) is 22.1 Å². The van der Waals surface area contributed by atoms with E-state index in [2.05, 4.69) is 25.8 Å². The van der Waals surface area contributed by atoms with Crippen LogP contribution in [0.4, 0.5) is 14.6 Å². The lowest BCUT2D eigenvalue weighted by Crippen LogP contribution is -2.36. The van der Waals surface area contributed by atoms with Crippen LogP contribution in [0.15, 0.2) is 77.8 Å². The van der Waals surface area contributed by atoms with Crippen LogP contribution < -0.4 is 10.6 Å². The summed E-state index contributed by atoms with van der Waals surface area (Å²) in [6, 6.07) is 18.0. The van der Waals surface area contributed by atoms with Crippen LogP contribution in [0.25, 0.3) is 11.3 Å². The number of aliphatic imine (C=N–C) groups is 1. The zero-order chi connectivity index (χ0) is 24.1. The summed E-state index contributed by atoms with van der Waals surface area (Å²) in [4.78, 5) is 17.1. The minimum atomic E-state index is -0.463. The molecule has 1 heterocycles. The van der Waals surface area contributed by atoms with E-state index in [4.69, 9.17) is 23.2 Å². The van der Waals surface area contributed by atoms with Crippen molar-refractivity contribution in [2.75, 3.05) is 5.32 Å². The van der Waals surface area contributed by atoms with Crippen LogP contribution >= 0.6 is 23.2 Å². The van der Waals surface area contributed by atoms with Crippen LogP contribution in [0.2, 0.25) is 10.0 Å². The summed E-state index contributed by atoms with van der Waals surface area (Å²) in [6.07, 6.45) is 0. The number of amides is 1. The van der Waals surface area contributed by atoms with E-state index in [0.29, 0.717) is 27.7 Å². The molecule has 4 aromatic rings. The Kier molecular flexibility index (Phi) is 7.20. The maximum Gasteiger partial charge on any atom is 0.258 e. The second-order valence-corrected chi connectivity index (χ2v) is 8.01. The molecule has 0 spiro atoms. The average Bonchev–Trinajstić information content (AvgIpc) is 3.27. The number of hydrogen-bond acceptors (Lipinski definition) is 3. The first kappa shape index (κ1) is 23.4. The lowest BCUT2D eigenvalue weighted by Gasteiger charge is -2.11. The molecule has 0 aliphatic carbocycles.